The molecular formula is C8H13NO4. The third-order valence-electron chi connectivity index (χ3n) is 2.05. The van der Waals surface area contributed by atoms with Crippen molar-refractivity contribution in [3.63, 3.8) is 0 Å². The standard InChI is InChI=1S/C8H13NO4/c1-8(2)4-13-6(10)5(8)9-7(11)12-3/h5H,4H2,1-3H3,(H,9,11)/t5-/m0/s1. The number of methoxy groups -OCH3 is 1. The Bertz CT molecular complexity index is 236. The minimum Gasteiger partial charge on any atom is -0.463 e. The van der Waals surface area contributed by atoms with E-state index in [9.17, 15) is 9.59 Å². The van der Waals surface area contributed by atoms with Gasteiger partial charge in [0.15, 0.2) is 0 Å². The average molecular weight is 187 g/mol. The van der Waals surface area contributed by atoms with Crippen LogP contribution in [-0.2, 0) is 14.3 Å². The maximum atomic E-state index is 11.1. The number of carbonyl (C=O) groups is 2. The summed E-state index contributed by atoms with van der Waals surface area (Å²) in [6.07, 6.45) is -0.614. The first-order valence-corrected chi connectivity index (χ1v) is 3.98. The van der Waals surface area contributed by atoms with E-state index in [4.69, 9.17) is 4.74 Å². The fourth-order valence-corrected chi connectivity index (χ4v) is 1.17. The van der Waals surface area contributed by atoms with Crippen molar-refractivity contribution in [2.45, 2.75) is 19.9 Å². The zero-order valence-corrected chi connectivity index (χ0v) is 7.92. The van der Waals surface area contributed by atoms with Crippen LogP contribution in [0.25, 0.3) is 0 Å². The molecule has 1 aliphatic heterocycles. The minimum absolute atomic E-state index is 0.320. The van der Waals surface area contributed by atoms with Crippen LogP contribution in [-0.4, -0.2) is 31.8 Å². The quantitative estimate of drug-likeness (QED) is 0.599. The topological polar surface area (TPSA) is 64.6 Å². The number of carbonyl (C=O) groups excluding carboxylic acids is 2. The Labute approximate surface area is 76.4 Å². The Kier molecular flexibility index (Phi) is 2.45. The van der Waals surface area contributed by atoms with Crippen LogP contribution in [0.2, 0.25) is 0 Å². The highest BCUT2D eigenvalue weighted by Gasteiger charge is 2.44. The van der Waals surface area contributed by atoms with Gasteiger partial charge in [0, 0.05) is 5.41 Å². The van der Waals surface area contributed by atoms with Crippen LogP contribution in [0.1, 0.15) is 13.8 Å². The molecule has 1 N–H and O–H groups in total. The van der Waals surface area contributed by atoms with Crippen LogP contribution in [0.5, 0.6) is 0 Å². The summed E-state index contributed by atoms with van der Waals surface area (Å²) in [5.41, 5.74) is -0.370. The molecule has 0 spiro atoms. The summed E-state index contributed by atoms with van der Waals surface area (Å²) in [4.78, 5) is 22.0. The Morgan fingerprint density at radius 3 is 2.69 bits per heavy atom. The molecule has 0 saturated carbocycles. The van der Waals surface area contributed by atoms with Gasteiger partial charge in [-0.2, -0.15) is 0 Å². The van der Waals surface area contributed by atoms with Crippen LogP contribution >= 0.6 is 0 Å². The molecule has 0 aromatic heterocycles. The lowest BCUT2D eigenvalue weighted by atomic mass is 9.88. The van der Waals surface area contributed by atoms with E-state index in [0.717, 1.165) is 0 Å². The van der Waals surface area contributed by atoms with Crippen molar-refractivity contribution in [2.24, 2.45) is 5.41 Å². The Morgan fingerprint density at radius 2 is 2.31 bits per heavy atom. The molecular weight excluding hydrogens is 174 g/mol. The van der Waals surface area contributed by atoms with Crippen molar-refractivity contribution >= 4 is 12.1 Å². The maximum Gasteiger partial charge on any atom is 0.407 e. The van der Waals surface area contributed by atoms with Crippen molar-refractivity contribution in [1.82, 2.24) is 5.32 Å². The van der Waals surface area contributed by atoms with Crippen molar-refractivity contribution < 1.29 is 19.1 Å². The van der Waals surface area contributed by atoms with Crippen LogP contribution in [0.3, 0.4) is 0 Å². The largest absolute Gasteiger partial charge is 0.463 e. The van der Waals surface area contributed by atoms with Gasteiger partial charge in [0.1, 0.15) is 6.04 Å². The molecule has 0 aliphatic carbocycles. The molecule has 1 aliphatic rings. The number of amides is 1. The van der Waals surface area contributed by atoms with Gasteiger partial charge >= 0.3 is 12.1 Å². The maximum absolute atomic E-state index is 11.1. The number of ether oxygens (including phenoxy) is 2. The van der Waals surface area contributed by atoms with E-state index in [1.807, 2.05) is 13.8 Å². The molecule has 1 heterocycles. The zero-order valence-electron chi connectivity index (χ0n) is 7.92. The molecule has 1 fully saturated rings. The molecule has 1 amide bonds. The number of hydrogen-bond acceptors (Lipinski definition) is 4. The molecule has 1 atom stereocenters. The lowest BCUT2D eigenvalue weighted by molar-refractivity contribution is -0.139. The lowest BCUT2D eigenvalue weighted by Gasteiger charge is -2.21. The second kappa shape index (κ2) is 3.24. The van der Waals surface area contributed by atoms with E-state index in [1.165, 1.54) is 7.11 Å². The second-order valence-electron chi connectivity index (χ2n) is 3.67. The SMILES string of the molecule is COC(=O)N[C@H]1C(=O)OCC1(C)C. The van der Waals surface area contributed by atoms with Gasteiger partial charge < -0.3 is 14.8 Å². The van der Waals surface area contributed by atoms with E-state index in [2.05, 4.69) is 10.1 Å². The first-order valence-electron chi connectivity index (χ1n) is 3.98. The van der Waals surface area contributed by atoms with Crippen molar-refractivity contribution in [3.05, 3.63) is 0 Å². The number of rotatable bonds is 1. The number of hydrogen-bond donors (Lipinski definition) is 1. The fraction of sp³-hybridized carbons (Fsp3) is 0.750. The molecule has 1 saturated heterocycles. The number of nitrogens with one attached hydrogen (secondary N) is 1. The normalized spacial score (nSPS) is 25.2. The Morgan fingerprint density at radius 1 is 1.69 bits per heavy atom. The average Bonchev–Trinajstić information content (AvgIpc) is 2.31. The van der Waals surface area contributed by atoms with E-state index >= 15 is 0 Å². The minimum atomic E-state index is -0.614. The number of esters is 1. The van der Waals surface area contributed by atoms with E-state index in [-0.39, 0.29) is 5.41 Å². The van der Waals surface area contributed by atoms with Crippen LogP contribution in [0, 0.1) is 5.41 Å². The highest BCUT2D eigenvalue weighted by molar-refractivity contribution is 5.83. The summed E-state index contributed by atoms with van der Waals surface area (Å²) >= 11 is 0. The first kappa shape index (κ1) is 9.83. The smallest absolute Gasteiger partial charge is 0.407 e. The molecule has 0 aromatic carbocycles. The molecule has 5 heteroatoms. The molecule has 5 nitrogen and oxygen atoms in total. The van der Waals surface area contributed by atoms with Gasteiger partial charge in [-0.3, -0.25) is 0 Å². The molecule has 0 radical (unpaired) electrons. The van der Waals surface area contributed by atoms with Gasteiger partial charge in [0.2, 0.25) is 0 Å². The fourth-order valence-electron chi connectivity index (χ4n) is 1.17. The Balaban J connectivity index is 2.66. The van der Waals surface area contributed by atoms with Crippen LogP contribution in [0.4, 0.5) is 4.79 Å². The summed E-state index contributed by atoms with van der Waals surface area (Å²) < 4.78 is 9.21. The molecule has 0 aromatic rings. The van der Waals surface area contributed by atoms with Crippen molar-refractivity contribution in [2.75, 3.05) is 13.7 Å². The van der Waals surface area contributed by atoms with Gasteiger partial charge in [-0.15, -0.1) is 0 Å². The Hall–Kier alpha value is -1.26. The molecule has 1 rings (SSSR count). The molecule has 0 bridgehead atoms. The van der Waals surface area contributed by atoms with Gasteiger partial charge in [-0.1, -0.05) is 13.8 Å². The zero-order chi connectivity index (χ0) is 10.1. The van der Waals surface area contributed by atoms with E-state index < -0.39 is 18.1 Å². The second-order valence-corrected chi connectivity index (χ2v) is 3.67. The highest BCUT2D eigenvalue weighted by atomic mass is 16.6. The number of alkyl carbamates (subject to hydrolysis) is 1. The van der Waals surface area contributed by atoms with Gasteiger partial charge in [0.25, 0.3) is 0 Å². The predicted molar refractivity (Wildman–Crippen MR) is 44.1 cm³/mol. The van der Waals surface area contributed by atoms with E-state index in [0.29, 0.717) is 6.61 Å². The van der Waals surface area contributed by atoms with Crippen molar-refractivity contribution in [3.8, 4) is 0 Å². The highest BCUT2D eigenvalue weighted by Crippen LogP contribution is 2.28. The summed E-state index contributed by atoms with van der Waals surface area (Å²) in [5, 5.41) is 2.43. The molecule has 74 valence electrons. The molecule has 0 unspecified atom stereocenters. The van der Waals surface area contributed by atoms with Gasteiger partial charge in [-0.05, 0) is 0 Å². The summed E-state index contributed by atoms with van der Waals surface area (Å²) in [7, 11) is 1.25. The van der Waals surface area contributed by atoms with Crippen molar-refractivity contribution in [1.29, 1.82) is 0 Å². The van der Waals surface area contributed by atoms with Crippen LogP contribution in [0.15, 0.2) is 0 Å². The third-order valence-corrected chi connectivity index (χ3v) is 2.05. The summed E-state index contributed by atoms with van der Waals surface area (Å²) in [6, 6.07) is -0.611. The van der Waals surface area contributed by atoms with Gasteiger partial charge in [0.05, 0.1) is 13.7 Å². The predicted octanol–water partition coefficient (Wildman–Crippen LogP) is 0.294. The summed E-state index contributed by atoms with van der Waals surface area (Å²) in [5.74, 6) is -0.407. The van der Waals surface area contributed by atoms with E-state index in [1.54, 1.807) is 0 Å². The first-order chi connectivity index (χ1) is 5.97. The molecule has 13 heavy (non-hydrogen) atoms. The monoisotopic (exact) mass is 187 g/mol. The van der Waals surface area contributed by atoms with Gasteiger partial charge in [-0.25, -0.2) is 9.59 Å². The lowest BCUT2D eigenvalue weighted by Crippen LogP contribution is -2.46. The summed E-state index contributed by atoms with van der Waals surface area (Å²) in [6.45, 7) is 4.01. The number of cyclic esters (lactones) is 1. The van der Waals surface area contributed by atoms with Crippen LogP contribution < -0.4 is 5.32 Å². The third kappa shape index (κ3) is 1.91.